The summed E-state index contributed by atoms with van der Waals surface area (Å²) in [6.07, 6.45) is 0. The van der Waals surface area contributed by atoms with Crippen molar-refractivity contribution in [2.75, 3.05) is 0 Å². The summed E-state index contributed by atoms with van der Waals surface area (Å²) in [6.45, 7) is 0. The van der Waals surface area contributed by atoms with Crippen LogP contribution in [0.4, 0.5) is 0 Å². The van der Waals surface area contributed by atoms with E-state index in [1.165, 1.54) is 0 Å². The van der Waals surface area contributed by atoms with Crippen LogP contribution in [0.1, 0.15) is 0 Å². The van der Waals surface area contributed by atoms with Gasteiger partial charge in [-0.25, -0.2) is 0 Å². The van der Waals surface area contributed by atoms with Gasteiger partial charge in [0, 0.05) is 55.3 Å². The van der Waals surface area contributed by atoms with Crippen LogP contribution in [0.2, 0.25) is 0 Å². The Morgan fingerprint density at radius 2 is 1.00 bits per heavy atom. The Balaban J connectivity index is 0. The van der Waals surface area contributed by atoms with Crippen molar-refractivity contribution in [1.82, 2.24) is 0 Å². The first-order valence-corrected chi connectivity index (χ1v) is 0. The van der Waals surface area contributed by atoms with Crippen LogP contribution in [0.25, 0.3) is 0 Å². The number of hydrogen-bond acceptors (Lipinski definition) is 0. The Kier molecular flexibility index (Phi) is 371. The standard InChI is InChI=1S/Li.Mn.Ni.H2O.Ti.H/h;;;1H2;;. The molecule has 0 atom stereocenters. The van der Waals surface area contributed by atoms with E-state index in [-0.39, 0.29) is 79.6 Å². The van der Waals surface area contributed by atoms with Crippen LogP contribution in [0, 0.1) is 0 Å². The van der Waals surface area contributed by atoms with E-state index < -0.39 is 0 Å². The second kappa shape index (κ2) is 33.6. The smallest absolute Gasteiger partial charge is 0 e. The van der Waals surface area contributed by atoms with Crippen molar-refractivity contribution in [1.29, 1.82) is 0 Å². The maximum atomic E-state index is 0. The molecule has 0 saturated heterocycles. The molecule has 0 aromatic heterocycles. The summed E-state index contributed by atoms with van der Waals surface area (Å²) in [6, 6.07) is 0. The molecule has 1 radical (unpaired) electrons. The number of rotatable bonds is 0. The van der Waals surface area contributed by atoms with Crippen LogP contribution >= 0.6 is 0 Å². The molecule has 0 aliphatic rings. The Bertz CT molecular complexity index is 11.6. The molecular weight excluding hydrogens is 184 g/mol. The molecule has 0 aliphatic carbocycles. The molecule has 0 rings (SSSR count). The van der Waals surface area contributed by atoms with Gasteiger partial charge >= 0.3 is 18.9 Å². The minimum atomic E-state index is 0. The molecule has 0 saturated carbocycles. The zero-order valence-electron chi connectivity index (χ0n) is 1.69. The SMILES string of the molecule is O.[LiH].[Mn].[Ni].[Ti]. The van der Waals surface area contributed by atoms with Gasteiger partial charge in [0.05, 0.1) is 0 Å². The largest absolute Gasteiger partial charge is 0 e. The Morgan fingerprint density at radius 1 is 1.00 bits per heavy atom. The summed E-state index contributed by atoms with van der Waals surface area (Å²) in [4.78, 5) is 0. The minimum absolute atomic E-state index is 0. The van der Waals surface area contributed by atoms with E-state index in [0.29, 0.717) is 0 Å². The average molecular weight is 187 g/mol. The van der Waals surface area contributed by atoms with Gasteiger partial charge in [0.25, 0.3) is 0 Å². The van der Waals surface area contributed by atoms with Gasteiger partial charge in [-0.15, -0.1) is 0 Å². The molecule has 0 fully saturated rings. The van der Waals surface area contributed by atoms with Gasteiger partial charge in [0.15, 0.2) is 0 Å². The quantitative estimate of drug-likeness (QED) is 0.414. The first-order valence-electron chi connectivity index (χ1n) is 0. The predicted molar refractivity (Wildman–Crippen MR) is 10.8 cm³/mol. The normalized spacial score (nSPS) is 0. The van der Waals surface area contributed by atoms with Gasteiger partial charge in [0.1, 0.15) is 0 Å². The van der Waals surface area contributed by atoms with Gasteiger partial charge < -0.3 is 5.48 Å². The average Bonchev–Trinajstić information content (AvgIpc) is 0. The van der Waals surface area contributed by atoms with Crippen molar-refractivity contribution in [3.8, 4) is 0 Å². The van der Waals surface area contributed by atoms with E-state index in [0.717, 1.165) is 0 Å². The molecule has 0 aromatic carbocycles. The molecule has 5 heteroatoms. The van der Waals surface area contributed by atoms with Crippen LogP contribution in [0.15, 0.2) is 0 Å². The fraction of sp³-hybridized carbons (Fsp3) is 0. The summed E-state index contributed by atoms with van der Waals surface area (Å²) in [5, 5.41) is 0. The Labute approximate surface area is 78.8 Å². The van der Waals surface area contributed by atoms with Gasteiger partial charge in [-0.3, -0.25) is 0 Å². The minimum Gasteiger partial charge on any atom is 0 e. The second-order valence-corrected chi connectivity index (χ2v) is 0. The molecule has 0 amide bonds. The summed E-state index contributed by atoms with van der Waals surface area (Å²) < 4.78 is 0. The summed E-state index contributed by atoms with van der Waals surface area (Å²) in [7, 11) is 0. The molecule has 2 N–H and O–H groups in total. The summed E-state index contributed by atoms with van der Waals surface area (Å²) >= 11 is 0. The van der Waals surface area contributed by atoms with Crippen molar-refractivity contribution in [2.24, 2.45) is 0 Å². The van der Waals surface area contributed by atoms with Crippen molar-refractivity contribution in [2.45, 2.75) is 0 Å². The molecular formula is H3LiMnNiOTi. The second-order valence-electron chi connectivity index (χ2n) is 0. The molecule has 0 heterocycles. The van der Waals surface area contributed by atoms with Gasteiger partial charge in [-0.1, -0.05) is 0 Å². The van der Waals surface area contributed by atoms with Crippen molar-refractivity contribution < 1.29 is 60.8 Å². The van der Waals surface area contributed by atoms with Crippen molar-refractivity contribution in [3.63, 3.8) is 0 Å². The fourth-order valence-corrected chi connectivity index (χ4v) is 0. The summed E-state index contributed by atoms with van der Waals surface area (Å²) in [5.41, 5.74) is 0. The predicted octanol–water partition coefficient (Wildman–Crippen LogP) is -1.48. The molecule has 1 nitrogen and oxygen atoms in total. The van der Waals surface area contributed by atoms with E-state index >= 15 is 0 Å². The van der Waals surface area contributed by atoms with Crippen LogP contribution < -0.4 is 0 Å². The van der Waals surface area contributed by atoms with Crippen LogP contribution in [0.5, 0.6) is 0 Å². The van der Waals surface area contributed by atoms with Crippen LogP contribution in [-0.2, 0) is 55.3 Å². The molecule has 31 valence electrons. The molecule has 5 heavy (non-hydrogen) atoms. The molecule has 0 aromatic rings. The third-order valence-corrected chi connectivity index (χ3v) is 0. The third-order valence-electron chi connectivity index (χ3n) is 0. The van der Waals surface area contributed by atoms with Crippen molar-refractivity contribution >= 4 is 18.9 Å². The summed E-state index contributed by atoms with van der Waals surface area (Å²) in [5.74, 6) is 0. The fourth-order valence-electron chi connectivity index (χ4n) is 0. The molecule has 0 unspecified atom stereocenters. The third kappa shape index (κ3) is 22.1. The molecule has 0 spiro atoms. The first kappa shape index (κ1) is 55.1. The van der Waals surface area contributed by atoms with Gasteiger partial charge in [-0.2, -0.15) is 0 Å². The Morgan fingerprint density at radius 3 is 1.00 bits per heavy atom. The first-order chi connectivity index (χ1) is 0. The van der Waals surface area contributed by atoms with Gasteiger partial charge in [-0.05, 0) is 0 Å². The maximum absolute atomic E-state index is 0. The molecule has 0 bridgehead atoms. The number of hydrogen-bond donors (Lipinski definition) is 0. The van der Waals surface area contributed by atoms with Crippen molar-refractivity contribution in [3.05, 3.63) is 0 Å². The van der Waals surface area contributed by atoms with Crippen LogP contribution in [-0.4, -0.2) is 24.3 Å². The zero-order chi connectivity index (χ0) is 0. The van der Waals surface area contributed by atoms with E-state index in [9.17, 15) is 0 Å². The van der Waals surface area contributed by atoms with Gasteiger partial charge in [0.2, 0.25) is 0 Å². The topological polar surface area (TPSA) is 31.5 Å². The Hall–Kier alpha value is 2.28. The monoisotopic (exact) mass is 187 g/mol. The van der Waals surface area contributed by atoms with E-state index in [4.69, 9.17) is 0 Å². The van der Waals surface area contributed by atoms with E-state index in [1.54, 1.807) is 0 Å². The van der Waals surface area contributed by atoms with E-state index in [2.05, 4.69) is 0 Å². The maximum Gasteiger partial charge on any atom is 0 e. The molecule has 0 aliphatic heterocycles. The zero-order valence-corrected chi connectivity index (χ0v) is 5.42. The van der Waals surface area contributed by atoms with E-state index in [1.807, 2.05) is 0 Å². The van der Waals surface area contributed by atoms with Crippen LogP contribution in [0.3, 0.4) is 0 Å².